The fourth-order valence-electron chi connectivity index (χ4n) is 3.68. The molecule has 1 fully saturated rings. The van der Waals surface area contributed by atoms with E-state index in [9.17, 15) is 14.9 Å². The first-order chi connectivity index (χ1) is 13.5. The number of rotatable bonds is 10. The molecule has 1 aliphatic rings. The predicted molar refractivity (Wildman–Crippen MR) is 112 cm³/mol. The van der Waals surface area contributed by atoms with E-state index >= 15 is 0 Å². The summed E-state index contributed by atoms with van der Waals surface area (Å²) in [5, 5.41) is 11.9. The number of thioether (sulfide) groups is 1. The Morgan fingerprint density at radius 3 is 2.64 bits per heavy atom. The summed E-state index contributed by atoms with van der Waals surface area (Å²) in [6, 6.07) is 5.65. The summed E-state index contributed by atoms with van der Waals surface area (Å²) in [7, 11) is 2.89. The molecular formula is C20H30N2O5S. The van der Waals surface area contributed by atoms with Crippen LogP contribution in [0.25, 0.3) is 0 Å². The molecule has 1 aliphatic heterocycles. The van der Waals surface area contributed by atoms with Crippen LogP contribution in [-0.4, -0.2) is 55.8 Å². The second-order valence-electron chi connectivity index (χ2n) is 6.97. The maximum absolute atomic E-state index is 11.9. The number of nitrogens with zero attached hydrogens (tertiary/aromatic N) is 2. The third-order valence-electron chi connectivity index (χ3n) is 5.08. The molecule has 28 heavy (non-hydrogen) atoms. The lowest BCUT2D eigenvalue weighted by molar-refractivity contribution is -0.384. The van der Waals surface area contributed by atoms with Gasteiger partial charge in [0.1, 0.15) is 5.69 Å². The Bertz CT molecular complexity index is 664. The van der Waals surface area contributed by atoms with Crippen molar-refractivity contribution in [1.29, 1.82) is 0 Å². The molecule has 1 aromatic rings. The Hall–Kier alpha value is -1.80. The average Bonchev–Trinajstić information content (AvgIpc) is 2.71. The molecule has 0 aliphatic carbocycles. The van der Waals surface area contributed by atoms with E-state index in [1.165, 1.54) is 7.11 Å². The molecule has 0 spiro atoms. The highest BCUT2D eigenvalue weighted by atomic mass is 32.2. The minimum atomic E-state index is -0.360. The van der Waals surface area contributed by atoms with Gasteiger partial charge in [0.2, 0.25) is 0 Å². The average molecular weight is 411 g/mol. The van der Waals surface area contributed by atoms with Gasteiger partial charge in [0, 0.05) is 31.7 Å². The van der Waals surface area contributed by atoms with Crippen molar-refractivity contribution in [1.82, 2.24) is 0 Å². The van der Waals surface area contributed by atoms with Gasteiger partial charge in [-0.15, -0.1) is 0 Å². The maximum atomic E-state index is 11.9. The van der Waals surface area contributed by atoms with Gasteiger partial charge in [-0.25, -0.2) is 0 Å². The molecule has 1 saturated heterocycles. The number of esters is 1. The smallest absolute Gasteiger partial charge is 0.306 e. The van der Waals surface area contributed by atoms with Gasteiger partial charge in [0.15, 0.2) is 0 Å². The van der Waals surface area contributed by atoms with Crippen LogP contribution in [0.1, 0.15) is 44.1 Å². The van der Waals surface area contributed by atoms with Crippen LogP contribution < -0.4 is 4.90 Å². The Kier molecular flexibility index (Phi) is 9.05. The van der Waals surface area contributed by atoms with Crippen LogP contribution in [0.3, 0.4) is 0 Å². The molecule has 0 radical (unpaired) electrons. The summed E-state index contributed by atoms with van der Waals surface area (Å²) < 4.78 is 9.99. The topological polar surface area (TPSA) is 81.9 Å². The number of carbonyl (C=O) groups excluding carboxylic acids is 1. The lowest BCUT2D eigenvalue weighted by Gasteiger charge is -2.35. The lowest BCUT2D eigenvalue weighted by Crippen LogP contribution is -2.39. The second-order valence-corrected chi connectivity index (χ2v) is 8.20. The molecule has 0 bridgehead atoms. The van der Waals surface area contributed by atoms with Gasteiger partial charge in [0.05, 0.1) is 25.1 Å². The third-order valence-corrected chi connectivity index (χ3v) is 6.13. The maximum Gasteiger partial charge on any atom is 0.306 e. The molecule has 0 amide bonds. The van der Waals surface area contributed by atoms with Crippen LogP contribution in [0.2, 0.25) is 0 Å². The Balaban J connectivity index is 2.38. The van der Waals surface area contributed by atoms with Crippen molar-refractivity contribution in [3.8, 4) is 0 Å². The summed E-state index contributed by atoms with van der Waals surface area (Å²) in [5.41, 5.74) is 1.48. The lowest BCUT2D eigenvalue weighted by atomic mass is 9.95. The zero-order valence-corrected chi connectivity index (χ0v) is 17.7. The molecular weight excluding hydrogens is 380 g/mol. The van der Waals surface area contributed by atoms with Crippen molar-refractivity contribution in [2.45, 2.75) is 44.6 Å². The molecule has 7 nitrogen and oxygen atoms in total. The monoisotopic (exact) mass is 410 g/mol. The standard InChI is InChI=1S/C20H30N2O5S/c1-4-9-21(17-7-10-28-11-8-17)18-6-5-15(12-19(18)22(24)25)16(14-26-2)13-20(23)27-3/h5-6,12,16-17H,4,7-11,13-14H2,1-3H3. The van der Waals surface area contributed by atoms with Crippen molar-refractivity contribution in [3.63, 3.8) is 0 Å². The van der Waals surface area contributed by atoms with Crippen LogP contribution in [0.4, 0.5) is 11.4 Å². The van der Waals surface area contributed by atoms with E-state index < -0.39 is 0 Å². The highest BCUT2D eigenvalue weighted by molar-refractivity contribution is 7.99. The number of methoxy groups -OCH3 is 2. The van der Waals surface area contributed by atoms with Crippen LogP contribution in [0.5, 0.6) is 0 Å². The molecule has 1 atom stereocenters. The fraction of sp³-hybridized carbons (Fsp3) is 0.650. The van der Waals surface area contributed by atoms with E-state index in [1.54, 1.807) is 13.2 Å². The molecule has 0 N–H and O–H groups in total. The van der Waals surface area contributed by atoms with Crippen molar-refractivity contribution in [2.24, 2.45) is 0 Å². The fourth-order valence-corrected chi connectivity index (χ4v) is 4.76. The molecule has 156 valence electrons. The van der Waals surface area contributed by atoms with Crippen molar-refractivity contribution < 1.29 is 19.2 Å². The number of carbonyl (C=O) groups is 1. The Morgan fingerprint density at radius 1 is 1.36 bits per heavy atom. The van der Waals surface area contributed by atoms with Crippen molar-refractivity contribution in [3.05, 3.63) is 33.9 Å². The summed E-state index contributed by atoms with van der Waals surface area (Å²) >= 11 is 1.94. The number of ether oxygens (including phenoxy) is 2. The molecule has 1 heterocycles. The first-order valence-corrected chi connectivity index (χ1v) is 10.9. The quantitative estimate of drug-likeness (QED) is 0.327. The minimum Gasteiger partial charge on any atom is -0.469 e. The first kappa shape index (κ1) is 22.5. The molecule has 8 heteroatoms. The zero-order valence-electron chi connectivity index (χ0n) is 16.9. The SMILES string of the molecule is CCCN(c1ccc(C(COC)CC(=O)OC)cc1[N+](=O)[O-])C1CCSCC1. The van der Waals surface area contributed by atoms with Gasteiger partial charge in [-0.3, -0.25) is 14.9 Å². The van der Waals surface area contributed by atoms with E-state index in [2.05, 4.69) is 11.8 Å². The van der Waals surface area contributed by atoms with Crippen molar-refractivity contribution in [2.75, 3.05) is 43.8 Å². The molecule has 1 aromatic carbocycles. The summed E-state index contributed by atoms with van der Waals surface area (Å²) in [5.74, 6) is 1.54. The van der Waals surface area contributed by atoms with E-state index in [0.29, 0.717) is 18.3 Å². The summed E-state index contributed by atoms with van der Waals surface area (Å²) in [6.07, 6.45) is 3.13. The van der Waals surface area contributed by atoms with E-state index in [-0.39, 0.29) is 28.9 Å². The molecule has 0 saturated carbocycles. The minimum absolute atomic E-state index is 0.0927. The molecule has 2 rings (SSSR count). The van der Waals surface area contributed by atoms with Gasteiger partial charge >= 0.3 is 5.97 Å². The highest BCUT2D eigenvalue weighted by Gasteiger charge is 2.28. The number of hydrogen-bond acceptors (Lipinski definition) is 7. The van der Waals surface area contributed by atoms with Gasteiger partial charge in [0.25, 0.3) is 5.69 Å². The number of benzene rings is 1. The van der Waals surface area contributed by atoms with Crippen LogP contribution >= 0.6 is 11.8 Å². The third kappa shape index (κ3) is 5.85. The molecule has 0 aromatic heterocycles. The Labute approximate surface area is 170 Å². The van der Waals surface area contributed by atoms with Gasteiger partial charge in [-0.1, -0.05) is 13.0 Å². The number of hydrogen-bond donors (Lipinski definition) is 0. The van der Waals surface area contributed by atoms with Gasteiger partial charge in [-0.2, -0.15) is 11.8 Å². The second kappa shape index (κ2) is 11.3. The number of nitro benzene ring substituents is 1. The molecule has 1 unspecified atom stereocenters. The predicted octanol–water partition coefficient (Wildman–Crippen LogP) is 4.00. The number of nitro groups is 1. The number of anilines is 1. The van der Waals surface area contributed by atoms with Crippen LogP contribution in [0.15, 0.2) is 18.2 Å². The van der Waals surface area contributed by atoms with Crippen LogP contribution in [0, 0.1) is 10.1 Å². The summed E-state index contributed by atoms with van der Waals surface area (Å²) in [4.78, 5) is 25.5. The van der Waals surface area contributed by atoms with E-state index in [1.807, 2.05) is 23.9 Å². The normalized spacial score (nSPS) is 15.8. The Morgan fingerprint density at radius 2 is 2.07 bits per heavy atom. The zero-order chi connectivity index (χ0) is 20.5. The largest absolute Gasteiger partial charge is 0.469 e. The first-order valence-electron chi connectivity index (χ1n) is 9.70. The van der Waals surface area contributed by atoms with Crippen molar-refractivity contribution >= 4 is 29.1 Å². The van der Waals surface area contributed by atoms with Crippen LogP contribution in [-0.2, 0) is 14.3 Å². The van der Waals surface area contributed by atoms with Gasteiger partial charge < -0.3 is 14.4 Å². The van der Waals surface area contributed by atoms with Gasteiger partial charge in [-0.05, 0) is 42.4 Å². The highest BCUT2D eigenvalue weighted by Crippen LogP contribution is 2.36. The summed E-state index contributed by atoms with van der Waals surface area (Å²) in [6.45, 7) is 3.18. The van der Waals surface area contributed by atoms with E-state index in [4.69, 9.17) is 9.47 Å². The van der Waals surface area contributed by atoms with E-state index in [0.717, 1.165) is 42.9 Å².